The maximum Gasteiger partial charge on any atom is 0.122 e. The smallest absolute Gasteiger partial charge is 0.122 e. The van der Waals surface area contributed by atoms with Crippen LogP contribution in [0.1, 0.15) is 45.7 Å². The number of hydrogen-bond acceptors (Lipinski definition) is 2. The lowest BCUT2D eigenvalue weighted by Crippen LogP contribution is -2.36. The highest BCUT2D eigenvalue weighted by Gasteiger charge is 2.16. The zero-order valence-corrected chi connectivity index (χ0v) is 13.5. The molecule has 1 unspecified atom stereocenters. The third-order valence-electron chi connectivity index (χ3n) is 3.63. The summed E-state index contributed by atoms with van der Waals surface area (Å²) in [6.07, 6.45) is 0. The summed E-state index contributed by atoms with van der Waals surface area (Å²) in [5, 5.41) is 3.30. The molecule has 1 aromatic rings. The molecular weight excluding hydrogens is 234 g/mol. The van der Waals surface area contributed by atoms with Gasteiger partial charge in [0.15, 0.2) is 0 Å². The second-order valence-electron chi connectivity index (χ2n) is 6.68. The minimum absolute atomic E-state index is 0.189. The molecule has 0 spiro atoms. The molecule has 1 atom stereocenters. The van der Waals surface area contributed by atoms with Crippen LogP contribution in [-0.4, -0.2) is 19.7 Å². The van der Waals surface area contributed by atoms with Crippen molar-refractivity contribution >= 4 is 0 Å². The number of rotatable bonds is 5. The van der Waals surface area contributed by atoms with Gasteiger partial charge in [-0.15, -0.1) is 0 Å². The second kappa shape index (κ2) is 6.42. The maximum absolute atomic E-state index is 5.96. The highest BCUT2D eigenvalue weighted by Crippen LogP contribution is 2.27. The van der Waals surface area contributed by atoms with Crippen LogP contribution < -0.4 is 10.1 Å². The largest absolute Gasteiger partial charge is 0.492 e. The van der Waals surface area contributed by atoms with Crippen LogP contribution in [-0.2, 0) is 5.41 Å². The number of hydrogen-bond donors (Lipinski definition) is 1. The first-order chi connectivity index (χ1) is 8.75. The molecule has 1 rings (SSSR count). The van der Waals surface area contributed by atoms with Gasteiger partial charge in [0.2, 0.25) is 0 Å². The Balaban J connectivity index is 2.76. The van der Waals surface area contributed by atoms with E-state index in [0.717, 1.165) is 5.75 Å². The molecule has 0 bridgehead atoms. The lowest BCUT2D eigenvalue weighted by atomic mass is 9.86. The molecule has 0 aliphatic rings. The van der Waals surface area contributed by atoms with Gasteiger partial charge in [0.25, 0.3) is 0 Å². The van der Waals surface area contributed by atoms with E-state index >= 15 is 0 Å². The van der Waals surface area contributed by atoms with Crippen LogP contribution in [0, 0.1) is 12.8 Å². The molecule has 0 saturated heterocycles. The number of likely N-dealkylation sites (N-methyl/N-ethyl adjacent to an activating group) is 1. The molecule has 0 aliphatic heterocycles. The van der Waals surface area contributed by atoms with Crippen molar-refractivity contribution in [3.63, 3.8) is 0 Å². The Morgan fingerprint density at radius 3 is 2.26 bits per heavy atom. The van der Waals surface area contributed by atoms with Crippen LogP contribution in [0.4, 0.5) is 0 Å². The third kappa shape index (κ3) is 4.54. The Morgan fingerprint density at radius 2 is 1.84 bits per heavy atom. The normalized spacial score (nSPS) is 13.7. The molecule has 1 aromatic carbocycles. The van der Waals surface area contributed by atoms with Gasteiger partial charge >= 0.3 is 0 Å². The van der Waals surface area contributed by atoms with Crippen LogP contribution in [0.25, 0.3) is 0 Å². The van der Waals surface area contributed by atoms with Gasteiger partial charge in [-0.1, -0.05) is 46.8 Å². The molecule has 0 amide bonds. The first kappa shape index (κ1) is 16.0. The summed E-state index contributed by atoms with van der Waals surface area (Å²) in [6.45, 7) is 14.0. The first-order valence-corrected chi connectivity index (χ1v) is 7.17. The van der Waals surface area contributed by atoms with Crippen molar-refractivity contribution in [1.29, 1.82) is 0 Å². The van der Waals surface area contributed by atoms with Crippen LogP contribution in [0.5, 0.6) is 5.75 Å². The van der Waals surface area contributed by atoms with Crippen LogP contribution in [0.3, 0.4) is 0 Å². The molecule has 0 aromatic heterocycles. The number of ether oxygens (including phenoxy) is 1. The second-order valence-corrected chi connectivity index (χ2v) is 6.68. The molecule has 2 nitrogen and oxygen atoms in total. The lowest BCUT2D eigenvalue weighted by molar-refractivity contribution is 0.236. The Bertz CT molecular complexity index is 404. The van der Waals surface area contributed by atoms with Crippen LogP contribution in [0.15, 0.2) is 18.2 Å². The van der Waals surface area contributed by atoms with Crippen LogP contribution in [0.2, 0.25) is 0 Å². The lowest BCUT2D eigenvalue weighted by Gasteiger charge is -2.23. The van der Waals surface area contributed by atoms with Crippen molar-refractivity contribution in [3.8, 4) is 5.75 Å². The SMILES string of the molecule is CNC(COc1ccc(C(C)(C)C)cc1C)C(C)C. The Hall–Kier alpha value is -1.02. The molecule has 0 radical (unpaired) electrons. The van der Waals surface area contributed by atoms with Gasteiger partial charge in [-0.2, -0.15) is 0 Å². The van der Waals surface area contributed by atoms with Gasteiger partial charge in [-0.3, -0.25) is 0 Å². The molecule has 0 aliphatic carbocycles. The summed E-state index contributed by atoms with van der Waals surface area (Å²) < 4.78 is 5.96. The molecular formula is C17H29NO. The average molecular weight is 263 g/mol. The molecule has 19 heavy (non-hydrogen) atoms. The fraction of sp³-hybridized carbons (Fsp3) is 0.647. The molecule has 0 heterocycles. The number of nitrogens with one attached hydrogen (secondary N) is 1. The number of benzene rings is 1. The third-order valence-corrected chi connectivity index (χ3v) is 3.63. The fourth-order valence-electron chi connectivity index (χ4n) is 2.07. The van der Waals surface area contributed by atoms with E-state index in [2.05, 4.69) is 65.1 Å². The molecule has 0 fully saturated rings. The molecule has 0 saturated carbocycles. The van der Waals surface area contributed by atoms with E-state index in [0.29, 0.717) is 18.6 Å². The Kier molecular flexibility index (Phi) is 5.42. The van der Waals surface area contributed by atoms with Gasteiger partial charge in [-0.05, 0) is 42.5 Å². The van der Waals surface area contributed by atoms with E-state index < -0.39 is 0 Å². The average Bonchev–Trinajstić information content (AvgIpc) is 2.29. The van der Waals surface area contributed by atoms with E-state index in [1.165, 1.54) is 11.1 Å². The van der Waals surface area contributed by atoms with Crippen molar-refractivity contribution in [2.45, 2.75) is 53.0 Å². The fourth-order valence-corrected chi connectivity index (χ4v) is 2.07. The summed E-state index contributed by atoms with van der Waals surface area (Å²) in [7, 11) is 1.99. The topological polar surface area (TPSA) is 21.3 Å². The maximum atomic E-state index is 5.96. The van der Waals surface area contributed by atoms with Gasteiger partial charge in [0.1, 0.15) is 12.4 Å². The van der Waals surface area contributed by atoms with Gasteiger partial charge < -0.3 is 10.1 Å². The minimum atomic E-state index is 0.189. The standard InChI is InChI=1S/C17H29NO/c1-12(2)15(18-7)11-19-16-9-8-14(10-13(16)3)17(4,5)6/h8-10,12,15,18H,11H2,1-7H3. The zero-order chi connectivity index (χ0) is 14.6. The monoisotopic (exact) mass is 263 g/mol. The predicted octanol–water partition coefficient (Wildman–Crippen LogP) is 3.92. The van der Waals surface area contributed by atoms with Crippen molar-refractivity contribution < 1.29 is 4.74 Å². The van der Waals surface area contributed by atoms with E-state index in [-0.39, 0.29) is 5.41 Å². The van der Waals surface area contributed by atoms with E-state index in [1.807, 2.05) is 7.05 Å². The zero-order valence-electron chi connectivity index (χ0n) is 13.5. The quantitative estimate of drug-likeness (QED) is 0.869. The summed E-state index contributed by atoms with van der Waals surface area (Å²) in [5.41, 5.74) is 2.76. The first-order valence-electron chi connectivity index (χ1n) is 7.17. The Morgan fingerprint density at radius 1 is 1.21 bits per heavy atom. The highest BCUT2D eigenvalue weighted by molar-refractivity contribution is 5.38. The van der Waals surface area contributed by atoms with E-state index in [1.54, 1.807) is 0 Å². The molecule has 2 heteroatoms. The van der Waals surface area contributed by atoms with E-state index in [4.69, 9.17) is 4.74 Å². The summed E-state index contributed by atoms with van der Waals surface area (Å²) >= 11 is 0. The van der Waals surface area contributed by atoms with Crippen molar-refractivity contribution in [2.75, 3.05) is 13.7 Å². The summed E-state index contributed by atoms with van der Waals surface area (Å²) in [4.78, 5) is 0. The number of aryl methyl sites for hydroxylation is 1. The molecule has 108 valence electrons. The predicted molar refractivity (Wildman–Crippen MR) is 83.1 cm³/mol. The van der Waals surface area contributed by atoms with Gasteiger partial charge in [0.05, 0.1) is 0 Å². The molecule has 1 N–H and O–H groups in total. The summed E-state index contributed by atoms with van der Waals surface area (Å²) in [6, 6.07) is 6.90. The summed E-state index contributed by atoms with van der Waals surface area (Å²) in [5.74, 6) is 1.56. The van der Waals surface area contributed by atoms with Gasteiger partial charge in [0, 0.05) is 6.04 Å². The van der Waals surface area contributed by atoms with Gasteiger partial charge in [-0.25, -0.2) is 0 Å². The highest BCUT2D eigenvalue weighted by atomic mass is 16.5. The van der Waals surface area contributed by atoms with E-state index in [9.17, 15) is 0 Å². The van der Waals surface area contributed by atoms with Crippen molar-refractivity contribution in [1.82, 2.24) is 5.32 Å². The minimum Gasteiger partial charge on any atom is -0.492 e. The van der Waals surface area contributed by atoms with Crippen molar-refractivity contribution in [3.05, 3.63) is 29.3 Å². The van der Waals surface area contributed by atoms with Crippen molar-refractivity contribution in [2.24, 2.45) is 5.92 Å². The van der Waals surface area contributed by atoms with Crippen LogP contribution >= 0.6 is 0 Å². The Labute approximate surface area is 118 Å².